The van der Waals surface area contributed by atoms with Crippen molar-refractivity contribution in [2.75, 3.05) is 19.8 Å². The van der Waals surface area contributed by atoms with Crippen LogP contribution in [0.2, 0.25) is 0 Å². The number of amides is 2. The molecule has 3 N–H and O–H groups in total. The first-order chi connectivity index (χ1) is 13.0. The maximum atomic E-state index is 12.4. The molecule has 0 atom stereocenters. The van der Waals surface area contributed by atoms with Gasteiger partial charge in [0.25, 0.3) is 5.56 Å². The van der Waals surface area contributed by atoms with Gasteiger partial charge in [-0.3, -0.25) is 4.79 Å². The highest BCUT2D eigenvalue weighted by Crippen LogP contribution is 2.14. The van der Waals surface area contributed by atoms with Crippen LogP contribution in [-0.4, -0.2) is 47.9 Å². The van der Waals surface area contributed by atoms with E-state index in [1.807, 2.05) is 0 Å². The molecule has 2 amide bonds. The molecule has 1 aliphatic rings. The SMILES string of the molecule is CCOC(=O)C1=C(COC(=O)c2n[nH]c(=O)c3ccccc23)NC(=O)NC1. The molecule has 2 aromatic rings. The molecule has 3 rings (SSSR count). The summed E-state index contributed by atoms with van der Waals surface area (Å²) < 4.78 is 10.1. The second kappa shape index (κ2) is 7.68. The minimum atomic E-state index is -0.814. The van der Waals surface area contributed by atoms with Crippen LogP contribution in [0.4, 0.5) is 4.79 Å². The number of hydrogen-bond donors (Lipinski definition) is 3. The number of aromatic amines is 1. The number of rotatable bonds is 5. The molecule has 0 saturated carbocycles. The number of aromatic nitrogens is 2. The number of nitrogens with zero attached hydrogens (tertiary/aromatic N) is 1. The minimum Gasteiger partial charge on any atom is -0.463 e. The van der Waals surface area contributed by atoms with Crippen LogP contribution in [0.3, 0.4) is 0 Å². The lowest BCUT2D eigenvalue weighted by Crippen LogP contribution is -2.45. The average Bonchev–Trinajstić information content (AvgIpc) is 2.67. The third kappa shape index (κ3) is 3.78. The van der Waals surface area contributed by atoms with Gasteiger partial charge in [-0.05, 0) is 13.0 Å². The van der Waals surface area contributed by atoms with Crippen LogP contribution in [-0.2, 0) is 14.3 Å². The molecule has 10 nitrogen and oxygen atoms in total. The van der Waals surface area contributed by atoms with Crippen molar-refractivity contribution in [3.63, 3.8) is 0 Å². The Hall–Kier alpha value is -3.69. The summed E-state index contributed by atoms with van der Waals surface area (Å²) in [6.07, 6.45) is 0. The predicted molar refractivity (Wildman–Crippen MR) is 92.8 cm³/mol. The van der Waals surface area contributed by atoms with E-state index in [0.29, 0.717) is 10.8 Å². The summed E-state index contributed by atoms with van der Waals surface area (Å²) in [4.78, 5) is 47.7. The van der Waals surface area contributed by atoms with E-state index >= 15 is 0 Å². The van der Waals surface area contributed by atoms with Crippen LogP contribution in [0, 0.1) is 0 Å². The van der Waals surface area contributed by atoms with Crippen molar-refractivity contribution in [2.24, 2.45) is 0 Å². The third-order valence-electron chi connectivity index (χ3n) is 3.81. The molecule has 10 heteroatoms. The zero-order chi connectivity index (χ0) is 19.4. The quantitative estimate of drug-likeness (QED) is 0.638. The van der Waals surface area contributed by atoms with Gasteiger partial charge >= 0.3 is 18.0 Å². The highest BCUT2D eigenvalue weighted by Gasteiger charge is 2.25. The summed E-state index contributed by atoms with van der Waals surface area (Å²) >= 11 is 0. The van der Waals surface area contributed by atoms with Gasteiger partial charge in [-0.15, -0.1) is 0 Å². The second-order valence-corrected chi connectivity index (χ2v) is 5.51. The van der Waals surface area contributed by atoms with E-state index in [0.717, 1.165) is 0 Å². The zero-order valence-corrected chi connectivity index (χ0v) is 14.3. The van der Waals surface area contributed by atoms with Crippen molar-refractivity contribution in [1.82, 2.24) is 20.8 Å². The zero-order valence-electron chi connectivity index (χ0n) is 14.3. The van der Waals surface area contributed by atoms with Gasteiger partial charge < -0.3 is 20.1 Å². The highest BCUT2D eigenvalue weighted by molar-refractivity contribution is 6.02. The summed E-state index contributed by atoms with van der Waals surface area (Å²) in [5.41, 5.74) is -0.230. The molecule has 0 saturated heterocycles. The molecule has 2 heterocycles. The minimum absolute atomic E-state index is 0.0443. The number of ether oxygens (including phenoxy) is 2. The number of hydrogen-bond acceptors (Lipinski definition) is 7. The Kier molecular flexibility index (Phi) is 5.15. The molecule has 27 heavy (non-hydrogen) atoms. The van der Waals surface area contributed by atoms with Gasteiger partial charge in [0.05, 0.1) is 29.8 Å². The first-order valence-electron chi connectivity index (χ1n) is 8.09. The largest absolute Gasteiger partial charge is 0.463 e. The number of fused-ring (bicyclic) bond motifs is 1. The van der Waals surface area contributed by atoms with Gasteiger partial charge in [-0.25, -0.2) is 19.5 Å². The lowest BCUT2D eigenvalue weighted by molar-refractivity contribution is -0.138. The molecule has 0 fully saturated rings. The molecule has 140 valence electrons. The number of H-pyrrole nitrogens is 1. The summed E-state index contributed by atoms with van der Waals surface area (Å²) in [6.45, 7) is 1.41. The molecule has 0 aliphatic carbocycles. The van der Waals surface area contributed by atoms with Crippen molar-refractivity contribution >= 4 is 28.7 Å². The standard InChI is InChI=1S/C17H16N4O6/c1-2-26-15(23)11-7-18-17(25)19-12(11)8-27-16(24)13-9-5-3-4-6-10(9)14(22)21-20-13/h3-6H,2,7-8H2,1H3,(H,21,22)(H2,18,19,25). The van der Waals surface area contributed by atoms with Crippen molar-refractivity contribution < 1.29 is 23.9 Å². The Morgan fingerprint density at radius 2 is 1.85 bits per heavy atom. The fourth-order valence-electron chi connectivity index (χ4n) is 2.55. The molecule has 0 spiro atoms. The molecule has 1 aromatic heterocycles. The van der Waals surface area contributed by atoms with Crippen molar-refractivity contribution in [2.45, 2.75) is 6.92 Å². The lowest BCUT2D eigenvalue weighted by Gasteiger charge is -2.21. The molecule has 1 aliphatic heterocycles. The van der Waals surface area contributed by atoms with Gasteiger partial charge in [-0.2, -0.15) is 5.10 Å². The van der Waals surface area contributed by atoms with E-state index in [-0.39, 0.29) is 36.7 Å². The van der Waals surface area contributed by atoms with Crippen molar-refractivity contribution in [3.8, 4) is 0 Å². The summed E-state index contributed by atoms with van der Waals surface area (Å²) in [5, 5.41) is 11.5. The van der Waals surface area contributed by atoms with E-state index in [1.165, 1.54) is 0 Å². The number of esters is 2. The van der Waals surface area contributed by atoms with Crippen LogP contribution < -0.4 is 16.2 Å². The molecular formula is C17H16N4O6. The maximum absolute atomic E-state index is 12.4. The van der Waals surface area contributed by atoms with E-state index in [2.05, 4.69) is 20.8 Å². The topological polar surface area (TPSA) is 139 Å². The van der Waals surface area contributed by atoms with Gasteiger partial charge in [0.2, 0.25) is 0 Å². The van der Waals surface area contributed by atoms with Gasteiger partial charge in [0.1, 0.15) is 6.61 Å². The average molecular weight is 372 g/mol. The van der Waals surface area contributed by atoms with Crippen LogP contribution >= 0.6 is 0 Å². The summed E-state index contributed by atoms with van der Waals surface area (Å²) in [7, 11) is 0. The first-order valence-corrected chi connectivity index (χ1v) is 8.09. The normalized spacial score (nSPS) is 13.7. The van der Waals surface area contributed by atoms with E-state index < -0.39 is 23.5 Å². The van der Waals surface area contributed by atoms with E-state index in [9.17, 15) is 19.2 Å². The molecule has 0 unspecified atom stereocenters. The Morgan fingerprint density at radius 3 is 2.59 bits per heavy atom. The first kappa shape index (κ1) is 18.1. The van der Waals surface area contributed by atoms with Gasteiger partial charge in [-0.1, -0.05) is 18.2 Å². The molecule has 0 bridgehead atoms. The van der Waals surface area contributed by atoms with Crippen LogP contribution in [0.5, 0.6) is 0 Å². The Bertz CT molecular complexity index is 1010. The Balaban J connectivity index is 1.84. The van der Waals surface area contributed by atoms with E-state index in [1.54, 1.807) is 31.2 Å². The molecular weight excluding hydrogens is 356 g/mol. The fraction of sp³-hybridized carbons (Fsp3) is 0.235. The van der Waals surface area contributed by atoms with Crippen molar-refractivity contribution in [1.29, 1.82) is 0 Å². The number of benzene rings is 1. The van der Waals surface area contributed by atoms with Crippen molar-refractivity contribution in [3.05, 3.63) is 51.6 Å². The van der Waals surface area contributed by atoms with E-state index in [4.69, 9.17) is 9.47 Å². The maximum Gasteiger partial charge on any atom is 0.359 e. The molecule has 1 aromatic carbocycles. The summed E-state index contributed by atoms with van der Waals surface area (Å²) in [6, 6.07) is 5.93. The van der Waals surface area contributed by atoms with Crippen LogP contribution in [0.1, 0.15) is 17.4 Å². The number of nitrogens with one attached hydrogen (secondary N) is 3. The van der Waals surface area contributed by atoms with Gasteiger partial charge in [0.15, 0.2) is 5.69 Å². The monoisotopic (exact) mass is 372 g/mol. The number of carbonyl (C=O) groups is 3. The number of urea groups is 1. The Labute approximate surface area is 152 Å². The third-order valence-corrected chi connectivity index (χ3v) is 3.81. The second-order valence-electron chi connectivity index (χ2n) is 5.51. The smallest absolute Gasteiger partial charge is 0.359 e. The van der Waals surface area contributed by atoms with Crippen LogP contribution in [0.15, 0.2) is 40.3 Å². The van der Waals surface area contributed by atoms with Crippen LogP contribution in [0.25, 0.3) is 10.8 Å². The predicted octanol–water partition coefficient (Wildman–Crippen LogP) is 0.210. The fourth-order valence-corrected chi connectivity index (χ4v) is 2.55. The lowest BCUT2D eigenvalue weighted by atomic mass is 10.1. The van der Waals surface area contributed by atoms with Gasteiger partial charge in [0, 0.05) is 5.39 Å². The summed E-state index contributed by atoms with van der Waals surface area (Å²) in [5.74, 6) is -1.44. The highest BCUT2D eigenvalue weighted by atomic mass is 16.5. The number of carbonyl (C=O) groups excluding carboxylic acids is 3. The Morgan fingerprint density at radius 1 is 1.11 bits per heavy atom. The molecule has 0 radical (unpaired) electrons.